The predicted octanol–water partition coefficient (Wildman–Crippen LogP) is 3.56. The maximum atomic E-state index is 13.5. The number of ether oxygens (including phenoxy) is 2. The van der Waals surface area contributed by atoms with Crippen LogP contribution in [0.3, 0.4) is 0 Å². The number of anilines is 2. The number of methoxy groups -OCH3 is 2. The molecule has 0 heterocycles. The maximum Gasteiger partial charge on any atom is 0.264 e. The van der Waals surface area contributed by atoms with Crippen LogP contribution in [0.1, 0.15) is 0 Å². The van der Waals surface area contributed by atoms with Gasteiger partial charge in [0.05, 0.1) is 24.8 Å². The van der Waals surface area contributed by atoms with E-state index in [4.69, 9.17) is 9.47 Å². The Hall–Kier alpha value is -3.52. The molecular weight excluding hydrogens is 416 g/mol. The van der Waals surface area contributed by atoms with Crippen molar-refractivity contribution in [1.82, 2.24) is 0 Å². The summed E-state index contributed by atoms with van der Waals surface area (Å²) in [6.07, 6.45) is 0. The number of hydrogen-bond acceptors (Lipinski definition) is 5. The minimum atomic E-state index is -4.05. The number of carbonyl (C=O) groups excluding carboxylic acids is 1. The number of carbonyl (C=O) groups is 1. The fraction of sp³-hybridized carbons (Fsp3) is 0.174. The van der Waals surface area contributed by atoms with Crippen molar-refractivity contribution in [2.75, 3.05) is 37.0 Å². The Bertz CT molecular complexity index is 1140. The van der Waals surface area contributed by atoms with Crippen LogP contribution in [-0.2, 0) is 14.8 Å². The van der Waals surface area contributed by atoms with Gasteiger partial charge < -0.3 is 14.4 Å². The largest absolute Gasteiger partial charge is 0.497 e. The van der Waals surface area contributed by atoms with Crippen LogP contribution in [0.5, 0.6) is 11.5 Å². The van der Waals surface area contributed by atoms with E-state index in [0.717, 1.165) is 4.31 Å². The molecule has 0 aliphatic rings. The third-order valence-electron chi connectivity index (χ3n) is 4.78. The van der Waals surface area contributed by atoms with E-state index < -0.39 is 22.5 Å². The molecule has 31 heavy (non-hydrogen) atoms. The Labute approximate surface area is 182 Å². The standard InChI is InChI=1S/C23H24N2O5S/c1-24(18-10-6-4-7-11-18)23(26)17-25(31(27,28)20-12-8-5-9-13-20)21-15-14-19(29-2)16-22(21)30-3/h4-16H,17H2,1-3H3. The highest BCUT2D eigenvalue weighted by Gasteiger charge is 2.30. The van der Waals surface area contributed by atoms with Gasteiger partial charge in [-0.2, -0.15) is 0 Å². The van der Waals surface area contributed by atoms with Crippen molar-refractivity contribution in [3.63, 3.8) is 0 Å². The summed E-state index contributed by atoms with van der Waals surface area (Å²) < 4.78 is 38.7. The van der Waals surface area contributed by atoms with Crippen LogP contribution in [0.25, 0.3) is 0 Å². The lowest BCUT2D eigenvalue weighted by atomic mass is 10.2. The zero-order chi connectivity index (χ0) is 22.4. The van der Waals surface area contributed by atoms with Gasteiger partial charge in [-0.15, -0.1) is 0 Å². The Balaban J connectivity index is 2.06. The Kier molecular flexibility index (Phi) is 6.81. The molecule has 0 saturated heterocycles. The molecule has 0 spiro atoms. The monoisotopic (exact) mass is 440 g/mol. The molecule has 0 unspecified atom stereocenters. The normalized spacial score (nSPS) is 10.9. The molecule has 0 atom stereocenters. The molecule has 0 fully saturated rings. The highest BCUT2D eigenvalue weighted by Crippen LogP contribution is 2.35. The lowest BCUT2D eigenvalue weighted by Gasteiger charge is -2.28. The minimum Gasteiger partial charge on any atom is -0.497 e. The highest BCUT2D eigenvalue weighted by molar-refractivity contribution is 7.92. The number of likely N-dealkylation sites (N-methyl/N-ethyl adjacent to an activating group) is 1. The van der Waals surface area contributed by atoms with Crippen LogP contribution in [0.2, 0.25) is 0 Å². The third-order valence-corrected chi connectivity index (χ3v) is 6.56. The van der Waals surface area contributed by atoms with Gasteiger partial charge in [0, 0.05) is 18.8 Å². The number of sulfonamides is 1. The summed E-state index contributed by atoms with van der Waals surface area (Å²) in [5.74, 6) is 0.378. The van der Waals surface area contributed by atoms with Crippen LogP contribution in [0.15, 0.2) is 83.8 Å². The minimum absolute atomic E-state index is 0.0723. The van der Waals surface area contributed by atoms with E-state index in [1.807, 2.05) is 18.2 Å². The van der Waals surface area contributed by atoms with Gasteiger partial charge in [-0.3, -0.25) is 9.10 Å². The van der Waals surface area contributed by atoms with Crippen LogP contribution < -0.4 is 18.7 Å². The van der Waals surface area contributed by atoms with Gasteiger partial charge in [0.2, 0.25) is 5.91 Å². The van der Waals surface area contributed by atoms with Gasteiger partial charge in [-0.25, -0.2) is 8.42 Å². The van der Waals surface area contributed by atoms with Crippen molar-refractivity contribution >= 4 is 27.3 Å². The molecule has 0 saturated carbocycles. The first-order valence-corrected chi connectivity index (χ1v) is 10.9. The van der Waals surface area contributed by atoms with E-state index in [-0.39, 0.29) is 16.3 Å². The molecule has 0 aliphatic carbocycles. The molecule has 162 valence electrons. The van der Waals surface area contributed by atoms with Gasteiger partial charge in [0.15, 0.2) is 0 Å². The highest BCUT2D eigenvalue weighted by atomic mass is 32.2. The van der Waals surface area contributed by atoms with E-state index in [1.165, 1.54) is 31.3 Å². The fourth-order valence-electron chi connectivity index (χ4n) is 3.03. The first-order chi connectivity index (χ1) is 14.9. The smallest absolute Gasteiger partial charge is 0.264 e. The lowest BCUT2D eigenvalue weighted by molar-refractivity contribution is -0.116. The first kappa shape index (κ1) is 22.2. The summed E-state index contributed by atoms with van der Waals surface area (Å²) in [6, 6.07) is 21.8. The van der Waals surface area contributed by atoms with Crippen molar-refractivity contribution in [3.05, 3.63) is 78.9 Å². The van der Waals surface area contributed by atoms with Crippen molar-refractivity contribution in [2.45, 2.75) is 4.90 Å². The Morgan fingerprint density at radius 3 is 2.06 bits per heavy atom. The Morgan fingerprint density at radius 2 is 1.48 bits per heavy atom. The molecule has 7 nitrogen and oxygen atoms in total. The topological polar surface area (TPSA) is 76.2 Å². The van der Waals surface area contributed by atoms with Crippen molar-refractivity contribution in [1.29, 1.82) is 0 Å². The zero-order valence-electron chi connectivity index (χ0n) is 17.6. The SMILES string of the molecule is COc1ccc(N(CC(=O)N(C)c2ccccc2)S(=O)(=O)c2ccccc2)c(OC)c1. The molecule has 0 bridgehead atoms. The van der Waals surface area contributed by atoms with Gasteiger partial charge >= 0.3 is 0 Å². The molecular formula is C23H24N2O5S. The number of amides is 1. The molecule has 3 aromatic carbocycles. The summed E-state index contributed by atoms with van der Waals surface area (Å²) in [5.41, 5.74) is 0.896. The van der Waals surface area contributed by atoms with Crippen LogP contribution in [0, 0.1) is 0 Å². The van der Waals surface area contributed by atoms with Crippen LogP contribution in [-0.4, -0.2) is 42.1 Å². The summed E-state index contributed by atoms with van der Waals surface area (Å²) in [7, 11) is 0.495. The van der Waals surface area contributed by atoms with Crippen molar-refractivity contribution in [2.24, 2.45) is 0 Å². The second-order valence-electron chi connectivity index (χ2n) is 6.65. The first-order valence-electron chi connectivity index (χ1n) is 9.50. The average Bonchev–Trinajstić information content (AvgIpc) is 2.82. The zero-order valence-corrected chi connectivity index (χ0v) is 18.4. The van der Waals surface area contributed by atoms with E-state index in [2.05, 4.69) is 0 Å². The van der Waals surface area contributed by atoms with E-state index >= 15 is 0 Å². The van der Waals surface area contributed by atoms with E-state index in [1.54, 1.807) is 55.6 Å². The van der Waals surface area contributed by atoms with E-state index in [9.17, 15) is 13.2 Å². The maximum absolute atomic E-state index is 13.5. The second kappa shape index (κ2) is 9.53. The summed E-state index contributed by atoms with van der Waals surface area (Å²) in [4.78, 5) is 14.6. The van der Waals surface area contributed by atoms with Gasteiger partial charge in [-0.1, -0.05) is 36.4 Å². The Morgan fingerprint density at radius 1 is 0.871 bits per heavy atom. The summed E-state index contributed by atoms with van der Waals surface area (Å²) in [5, 5.41) is 0. The van der Waals surface area contributed by atoms with Gasteiger partial charge in [0.25, 0.3) is 10.0 Å². The molecule has 3 aromatic rings. The van der Waals surface area contributed by atoms with Crippen molar-refractivity contribution in [3.8, 4) is 11.5 Å². The number of benzene rings is 3. The molecule has 8 heteroatoms. The second-order valence-corrected chi connectivity index (χ2v) is 8.51. The third kappa shape index (κ3) is 4.80. The predicted molar refractivity (Wildman–Crippen MR) is 120 cm³/mol. The van der Waals surface area contributed by atoms with Crippen LogP contribution >= 0.6 is 0 Å². The van der Waals surface area contributed by atoms with Crippen molar-refractivity contribution < 1.29 is 22.7 Å². The van der Waals surface area contributed by atoms with Gasteiger partial charge in [-0.05, 0) is 36.4 Å². The fourth-order valence-corrected chi connectivity index (χ4v) is 4.48. The number of rotatable bonds is 8. The number of para-hydroxylation sites is 1. The van der Waals surface area contributed by atoms with Crippen LogP contribution in [0.4, 0.5) is 11.4 Å². The summed E-state index contributed by atoms with van der Waals surface area (Å²) in [6.45, 7) is -0.411. The van der Waals surface area contributed by atoms with Gasteiger partial charge in [0.1, 0.15) is 18.0 Å². The summed E-state index contributed by atoms with van der Waals surface area (Å²) >= 11 is 0. The lowest BCUT2D eigenvalue weighted by Crippen LogP contribution is -2.42. The molecule has 0 N–H and O–H groups in total. The van der Waals surface area contributed by atoms with E-state index in [0.29, 0.717) is 11.4 Å². The molecule has 0 radical (unpaired) electrons. The molecule has 1 amide bonds. The molecule has 0 aromatic heterocycles. The quantitative estimate of drug-likeness (QED) is 0.535. The molecule has 0 aliphatic heterocycles. The average molecular weight is 441 g/mol. The number of nitrogens with zero attached hydrogens (tertiary/aromatic N) is 2. The number of hydrogen-bond donors (Lipinski definition) is 0. The molecule has 3 rings (SSSR count).